The molecule has 4 rings (SSSR count). The minimum atomic E-state index is 0.414. The summed E-state index contributed by atoms with van der Waals surface area (Å²) in [6.45, 7) is 5.06. The number of guanidine groups is 1. The molecule has 3 atom stereocenters. The largest absolute Gasteiger partial charge is 0.377 e. The molecule has 0 aromatic carbocycles. The molecular formula is C17H29N3O. The van der Waals surface area contributed by atoms with Crippen LogP contribution in [-0.4, -0.2) is 37.8 Å². The van der Waals surface area contributed by atoms with Crippen LogP contribution in [0.15, 0.2) is 4.99 Å². The van der Waals surface area contributed by atoms with Gasteiger partial charge in [-0.1, -0.05) is 12.8 Å². The number of rotatable bonds is 4. The van der Waals surface area contributed by atoms with Crippen molar-refractivity contribution in [1.29, 1.82) is 0 Å². The highest BCUT2D eigenvalue weighted by atomic mass is 16.5. The first kappa shape index (κ1) is 13.9. The fourth-order valence-electron chi connectivity index (χ4n) is 4.89. The topological polar surface area (TPSA) is 45.7 Å². The van der Waals surface area contributed by atoms with E-state index in [0.717, 1.165) is 31.6 Å². The average molecular weight is 291 g/mol. The van der Waals surface area contributed by atoms with Crippen LogP contribution in [0.4, 0.5) is 0 Å². The first-order chi connectivity index (χ1) is 10.3. The average Bonchev–Trinajstić information content (AvgIpc) is 3.01. The molecule has 1 saturated heterocycles. The van der Waals surface area contributed by atoms with Gasteiger partial charge in [-0.15, -0.1) is 0 Å². The fraction of sp³-hybridized carbons (Fsp3) is 0.941. The summed E-state index contributed by atoms with van der Waals surface area (Å²) in [4.78, 5) is 4.82. The van der Waals surface area contributed by atoms with Crippen LogP contribution in [0, 0.1) is 17.3 Å². The van der Waals surface area contributed by atoms with Gasteiger partial charge in [0.2, 0.25) is 0 Å². The monoisotopic (exact) mass is 291 g/mol. The van der Waals surface area contributed by atoms with Crippen molar-refractivity contribution in [2.24, 2.45) is 22.2 Å². The maximum Gasteiger partial charge on any atom is 0.191 e. The van der Waals surface area contributed by atoms with Crippen LogP contribution >= 0.6 is 0 Å². The van der Waals surface area contributed by atoms with Crippen molar-refractivity contribution in [3.05, 3.63) is 0 Å². The maximum atomic E-state index is 6.07. The second kappa shape index (κ2) is 5.45. The van der Waals surface area contributed by atoms with E-state index >= 15 is 0 Å². The van der Waals surface area contributed by atoms with E-state index in [9.17, 15) is 0 Å². The van der Waals surface area contributed by atoms with Gasteiger partial charge in [0.05, 0.1) is 6.10 Å². The molecule has 3 saturated carbocycles. The van der Waals surface area contributed by atoms with Crippen LogP contribution in [0.25, 0.3) is 0 Å². The van der Waals surface area contributed by atoms with E-state index in [0.29, 0.717) is 23.5 Å². The molecule has 3 aliphatic carbocycles. The molecule has 0 bridgehead atoms. The lowest BCUT2D eigenvalue weighted by atomic mass is 9.54. The van der Waals surface area contributed by atoms with Crippen LogP contribution in [0.5, 0.6) is 0 Å². The smallest absolute Gasteiger partial charge is 0.191 e. The van der Waals surface area contributed by atoms with Crippen molar-refractivity contribution in [3.8, 4) is 0 Å². The summed E-state index contributed by atoms with van der Waals surface area (Å²) in [6, 6.07) is 0.588. The third-order valence-corrected chi connectivity index (χ3v) is 6.13. The molecule has 1 heterocycles. The third-order valence-electron chi connectivity index (χ3n) is 6.13. The van der Waals surface area contributed by atoms with E-state index in [1.54, 1.807) is 0 Å². The number of aliphatic imine (C=N–C) groups is 1. The van der Waals surface area contributed by atoms with Crippen molar-refractivity contribution in [3.63, 3.8) is 0 Å². The molecule has 0 radical (unpaired) electrons. The summed E-state index contributed by atoms with van der Waals surface area (Å²) in [7, 11) is 0. The Morgan fingerprint density at radius 2 is 2.05 bits per heavy atom. The zero-order valence-electron chi connectivity index (χ0n) is 13.2. The second-order valence-corrected chi connectivity index (χ2v) is 7.47. The van der Waals surface area contributed by atoms with Crippen molar-refractivity contribution in [1.82, 2.24) is 10.6 Å². The standard InChI is InChI=1S/C17H29N3O/c1-2-18-16(19-11-12-5-6-12)20-14-13-7-10-21-15(13)17(14)8-3-4-9-17/h12-15H,2-11H2,1H3,(H2,18,19,20). The number of fused-ring (bicyclic) bond motifs is 2. The van der Waals surface area contributed by atoms with Crippen LogP contribution in [0.3, 0.4) is 0 Å². The van der Waals surface area contributed by atoms with Gasteiger partial charge in [-0.3, -0.25) is 4.99 Å². The van der Waals surface area contributed by atoms with Crippen molar-refractivity contribution in [2.45, 2.75) is 64.0 Å². The lowest BCUT2D eigenvalue weighted by molar-refractivity contribution is -0.125. The Morgan fingerprint density at radius 3 is 2.76 bits per heavy atom. The predicted molar refractivity (Wildman–Crippen MR) is 84.4 cm³/mol. The van der Waals surface area contributed by atoms with E-state index in [1.165, 1.54) is 44.9 Å². The number of hydrogen-bond donors (Lipinski definition) is 2. The summed E-state index contributed by atoms with van der Waals surface area (Å²) < 4.78 is 6.07. The van der Waals surface area contributed by atoms with Gasteiger partial charge in [0.15, 0.2) is 5.96 Å². The van der Waals surface area contributed by atoms with Gasteiger partial charge in [0, 0.05) is 37.1 Å². The Morgan fingerprint density at radius 1 is 1.24 bits per heavy atom. The number of nitrogens with zero attached hydrogens (tertiary/aromatic N) is 1. The normalized spacial score (nSPS) is 37.4. The van der Waals surface area contributed by atoms with Crippen LogP contribution in [0.2, 0.25) is 0 Å². The third kappa shape index (κ3) is 2.36. The van der Waals surface area contributed by atoms with Gasteiger partial charge in [-0.25, -0.2) is 0 Å². The highest BCUT2D eigenvalue weighted by molar-refractivity contribution is 5.80. The Balaban J connectivity index is 1.46. The van der Waals surface area contributed by atoms with Crippen LogP contribution in [-0.2, 0) is 4.74 Å². The second-order valence-electron chi connectivity index (χ2n) is 7.47. The van der Waals surface area contributed by atoms with E-state index in [4.69, 9.17) is 9.73 Å². The van der Waals surface area contributed by atoms with E-state index in [-0.39, 0.29) is 0 Å². The lowest BCUT2D eigenvalue weighted by Gasteiger charge is -2.57. The maximum absolute atomic E-state index is 6.07. The van der Waals surface area contributed by atoms with Gasteiger partial charge in [0.25, 0.3) is 0 Å². The van der Waals surface area contributed by atoms with Crippen LogP contribution < -0.4 is 10.6 Å². The zero-order valence-corrected chi connectivity index (χ0v) is 13.2. The van der Waals surface area contributed by atoms with Gasteiger partial charge in [0.1, 0.15) is 0 Å². The summed E-state index contributed by atoms with van der Waals surface area (Å²) in [5.74, 6) is 2.61. The molecule has 4 nitrogen and oxygen atoms in total. The number of nitrogens with one attached hydrogen (secondary N) is 2. The highest BCUT2D eigenvalue weighted by Gasteiger charge is 2.65. The van der Waals surface area contributed by atoms with Gasteiger partial charge >= 0.3 is 0 Å². The molecule has 21 heavy (non-hydrogen) atoms. The first-order valence-corrected chi connectivity index (χ1v) is 9.00. The molecule has 3 unspecified atom stereocenters. The Hall–Kier alpha value is -0.770. The Kier molecular flexibility index (Phi) is 3.60. The minimum absolute atomic E-state index is 0.414. The molecule has 1 spiro atoms. The van der Waals surface area contributed by atoms with Crippen molar-refractivity contribution >= 4 is 5.96 Å². The molecule has 2 N–H and O–H groups in total. The first-order valence-electron chi connectivity index (χ1n) is 9.00. The zero-order chi connectivity index (χ0) is 14.3. The summed E-state index contributed by atoms with van der Waals surface area (Å²) >= 11 is 0. The molecule has 0 amide bonds. The Bertz CT molecular complexity index is 412. The van der Waals surface area contributed by atoms with Crippen LogP contribution in [0.1, 0.15) is 51.9 Å². The molecule has 0 aromatic heterocycles. The fourth-order valence-corrected chi connectivity index (χ4v) is 4.89. The molecule has 4 fully saturated rings. The van der Waals surface area contributed by atoms with Gasteiger partial charge < -0.3 is 15.4 Å². The SMILES string of the molecule is CCNC(=NCC1CC1)NC1C2CCOC2C12CCCC2. The lowest BCUT2D eigenvalue weighted by Crippen LogP contribution is -2.69. The molecular weight excluding hydrogens is 262 g/mol. The molecule has 0 aromatic rings. The van der Waals surface area contributed by atoms with Gasteiger partial charge in [-0.2, -0.15) is 0 Å². The van der Waals surface area contributed by atoms with E-state index in [2.05, 4.69) is 17.6 Å². The van der Waals surface area contributed by atoms with E-state index < -0.39 is 0 Å². The minimum Gasteiger partial charge on any atom is -0.377 e. The number of hydrogen-bond acceptors (Lipinski definition) is 2. The summed E-state index contributed by atoms with van der Waals surface area (Å²) in [5, 5.41) is 7.25. The van der Waals surface area contributed by atoms with Crippen molar-refractivity contribution in [2.75, 3.05) is 19.7 Å². The number of ether oxygens (including phenoxy) is 1. The summed E-state index contributed by atoms with van der Waals surface area (Å²) in [5.41, 5.74) is 0.414. The molecule has 1 aliphatic heterocycles. The predicted octanol–water partition coefficient (Wildman–Crippen LogP) is 2.30. The molecule has 4 heteroatoms. The quantitative estimate of drug-likeness (QED) is 0.617. The molecule has 118 valence electrons. The van der Waals surface area contributed by atoms with E-state index in [1.807, 2.05) is 0 Å². The van der Waals surface area contributed by atoms with Gasteiger partial charge in [-0.05, 0) is 44.9 Å². The van der Waals surface area contributed by atoms with Crippen molar-refractivity contribution < 1.29 is 4.74 Å². The highest BCUT2D eigenvalue weighted by Crippen LogP contribution is 2.60. The Labute approximate surface area is 128 Å². The summed E-state index contributed by atoms with van der Waals surface area (Å²) in [6.07, 6.45) is 9.93. The molecule has 4 aliphatic rings.